The minimum atomic E-state index is -0.924. The molecule has 6 heteroatoms. The summed E-state index contributed by atoms with van der Waals surface area (Å²) in [6.07, 6.45) is 1.25. The maximum Gasteiger partial charge on any atom is 0.320 e. The van der Waals surface area contributed by atoms with Crippen LogP contribution < -0.4 is 10.6 Å². The summed E-state index contributed by atoms with van der Waals surface area (Å²) < 4.78 is 0. The first-order valence-corrected chi connectivity index (χ1v) is 8.25. The van der Waals surface area contributed by atoms with Gasteiger partial charge in [-0.1, -0.05) is 49.7 Å². The van der Waals surface area contributed by atoms with E-state index < -0.39 is 12.0 Å². The summed E-state index contributed by atoms with van der Waals surface area (Å²) in [7, 11) is 0. The molecule has 0 aliphatic rings. The van der Waals surface area contributed by atoms with E-state index >= 15 is 0 Å². The fourth-order valence-electron chi connectivity index (χ4n) is 2.67. The smallest absolute Gasteiger partial charge is 0.320 e. The zero-order valence-corrected chi connectivity index (χ0v) is 15.3. The molecule has 2 rings (SSSR count). The Morgan fingerprint density at radius 1 is 1.12 bits per heavy atom. The molecule has 0 saturated heterocycles. The highest BCUT2D eigenvalue weighted by Crippen LogP contribution is 2.20. The molecule has 0 heterocycles. The van der Waals surface area contributed by atoms with Gasteiger partial charge in [-0.15, -0.1) is 12.4 Å². The second kappa shape index (κ2) is 10.0. The first-order chi connectivity index (χ1) is 11.5. The summed E-state index contributed by atoms with van der Waals surface area (Å²) in [6.45, 7) is 3.83. The van der Waals surface area contributed by atoms with Crippen molar-refractivity contribution in [1.29, 1.82) is 0 Å². The molecule has 136 valence electrons. The Bertz CT molecular complexity index is 721. The van der Waals surface area contributed by atoms with Gasteiger partial charge in [-0.3, -0.25) is 14.9 Å². The number of benzene rings is 2. The predicted molar refractivity (Wildman–Crippen MR) is 102 cm³/mol. The molecule has 5 nitrogen and oxygen atoms in total. The first kappa shape index (κ1) is 20.9. The zero-order chi connectivity index (χ0) is 17.5. The molecule has 0 saturated carbocycles. The zero-order valence-electron chi connectivity index (χ0n) is 14.5. The van der Waals surface area contributed by atoms with Crippen molar-refractivity contribution in [2.24, 2.45) is 0 Å². The van der Waals surface area contributed by atoms with Crippen molar-refractivity contribution in [2.45, 2.75) is 38.8 Å². The number of hydrogen-bond donors (Lipinski definition) is 3. The van der Waals surface area contributed by atoms with E-state index in [4.69, 9.17) is 5.11 Å². The van der Waals surface area contributed by atoms with Gasteiger partial charge < -0.3 is 10.4 Å². The summed E-state index contributed by atoms with van der Waals surface area (Å²) in [6, 6.07) is 13.3. The summed E-state index contributed by atoms with van der Waals surface area (Å²) >= 11 is 0. The number of carboxylic acids is 1. The van der Waals surface area contributed by atoms with E-state index in [1.165, 1.54) is 0 Å². The monoisotopic (exact) mass is 364 g/mol. The molecular formula is C19H25ClN2O3. The van der Waals surface area contributed by atoms with Gasteiger partial charge in [-0.2, -0.15) is 0 Å². The molecular weight excluding hydrogens is 340 g/mol. The minimum absolute atomic E-state index is 0. The van der Waals surface area contributed by atoms with Crippen LogP contribution in [0.4, 0.5) is 0 Å². The molecule has 0 aliphatic carbocycles. The van der Waals surface area contributed by atoms with E-state index in [0.29, 0.717) is 6.42 Å². The molecule has 0 radical (unpaired) electrons. The van der Waals surface area contributed by atoms with E-state index in [0.717, 1.165) is 22.8 Å². The number of carbonyl (C=O) groups excluding carboxylic acids is 1. The van der Waals surface area contributed by atoms with Crippen molar-refractivity contribution >= 4 is 35.1 Å². The van der Waals surface area contributed by atoms with Crippen LogP contribution in [0.25, 0.3) is 10.8 Å². The van der Waals surface area contributed by atoms with Gasteiger partial charge in [0.15, 0.2) is 0 Å². The van der Waals surface area contributed by atoms with Crippen LogP contribution in [0.1, 0.15) is 38.3 Å². The normalized spacial score (nSPS) is 12.9. The van der Waals surface area contributed by atoms with Gasteiger partial charge in [-0.25, -0.2) is 0 Å². The lowest BCUT2D eigenvalue weighted by Gasteiger charge is -2.17. The van der Waals surface area contributed by atoms with Gasteiger partial charge in [0.2, 0.25) is 5.91 Å². The molecule has 25 heavy (non-hydrogen) atoms. The molecule has 1 amide bonds. The van der Waals surface area contributed by atoms with Gasteiger partial charge >= 0.3 is 5.97 Å². The fourth-order valence-corrected chi connectivity index (χ4v) is 2.67. The lowest BCUT2D eigenvalue weighted by atomic mass is 10.0. The molecule has 2 aromatic carbocycles. The van der Waals surface area contributed by atoms with Gasteiger partial charge in [0.05, 0.1) is 12.6 Å². The second-order valence-electron chi connectivity index (χ2n) is 5.96. The number of fused-ring (bicyclic) bond motifs is 1. The van der Waals surface area contributed by atoms with Crippen LogP contribution in [0.2, 0.25) is 0 Å². The second-order valence-corrected chi connectivity index (χ2v) is 5.96. The Labute approximate surface area is 154 Å². The highest BCUT2D eigenvalue weighted by molar-refractivity contribution is 5.85. The van der Waals surface area contributed by atoms with Crippen molar-refractivity contribution in [3.05, 3.63) is 48.0 Å². The molecule has 2 unspecified atom stereocenters. The van der Waals surface area contributed by atoms with E-state index in [1.54, 1.807) is 0 Å². The standard InChI is InChI=1S/C19H24N2O3.ClH/c1-3-6-17(19(23)24)20-12-18(22)21-13(2)15-10-9-14-7-4-5-8-16(14)11-15;/h4-5,7-11,13,17,20H,3,6,12H2,1-2H3,(H,21,22)(H,23,24);1H. The average molecular weight is 365 g/mol. The van der Waals surface area contributed by atoms with E-state index in [1.807, 2.05) is 50.2 Å². The SMILES string of the molecule is CCCC(NCC(=O)NC(C)c1ccc2ccccc2c1)C(=O)O.Cl. The third-order valence-corrected chi connectivity index (χ3v) is 4.04. The maximum atomic E-state index is 12.1. The quantitative estimate of drug-likeness (QED) is 0.671. The number of nitrogens with one attached hydrogen (secondary N) is 2. The van der Waals surface area contributed by atoms with Crippen molar-refractivity contribution in [2.75, 3.05) is 6.54 Å². The van der Waals surface area contributed by atoms with Crippen LogP contribution in [0.5, 0.6) is 0 Å². The topological polar surface area (TPSA) is 78.4 Å². The maximum absolute atomic E-state index is 12.1. The van der Waals surface area contributed by atoms with Gasteiger partial charge in [0.1, 0.15) is 6.04 Å². The van der Waals surface area contributed by atoms with Gasteiger partial charge in [0.25, 0.3) is 0 Å². The van der Waals surface area contributed by atoms with Crippen LogP contribution in [0.15, 0.2) is 42.5 Å². The van der Waals surface area contributed by atoms with Crippen LogP contribution >= 0.6 is 12.4 Å². The molecule has 2 aromatic rings. The van der Waals surface area contributed by atoms with Crippen LogP contribution in [-0.2, 0) is 9.59 Å². The largest absolute Gasteiger partial charge is 0.480 e. The molecule has 3 N–H and O–H groups in total. The summed E-state index contributed by atoms with van der Waals surface area (Å²) in [5.41, 5.74) is 1.02. The number of hydrogen-bond acceptors (Lipinski definition) is 3. The molecule has 0 aliphatic heterocycles. The van der Waals surface area contributed by atoms with E-state index in [9.17, 15) is 9.59 Å². The lowest BCUT2D eigenvalue weighted by Crippen LogP contribution is -2.43. The van der Waals surface area contributed by atoms with Crippen LogP contribution in [0, 0.1) is 0 Å². The van der Waals surface area contributed by atoms with Crippen LogP contribution in [-0.4, -0.2) is 29.6 Å². The van der Waals surface area contributed by atoms with Crippen molar-refractivity contribution in [3.8, 4) is 0 Å². The summed E-state index contributed by atoms with van der Waals surface area (Å²) in [5.74, 6) is -1.13. The van der Waals surface area contributed by atoms with Gasteiger partial charge in [0, 0.05) is 0 Å². The molecule has 0 spiro atoms. The minimum Gasteiger partial charge on any atom is -0.480 e. The number of carboxylic acid groups (broad SMARTS) is 1. The number of aliphatic carboxylic acids is 1. The highest BCUT2D eigenvalue weighted by atomic mass is 35.5. The number of rotatable bonds is 8. The van der Waals surface area contributed by atoms with Crippen molar-refractivity contribution in [3.63, 3.8) is 0 Å². The lowest BCUT2D eigenvalue weighted by molar-refractivity contribution is -0.139. The molecule has 0 bridgehead atoms. The van der Waals surface area contributed by atoms with Gasteiger partial charge in [-0.05, 0) is 35.7 Å². The number of carbonyl (C=O) groups is 2. The molecule has 2 atom stereocenters. The Kier molecular flexibility index (Phi) is 8.38. The third kappa shape index (κ3) is 6.03. The number of amides is 1. The summed E-state index contributed by atoms with van der Waals surface area (Å²) in [5, 5.41) is 17.1. The fraction of sp³-hybridized carbons (Fsp3) is 0.368. The van der Waals surface area contributed by atoms with E-state index in [-0.39, 0.29) is 30.9 Å². The number of halogens is 1. The van der Waals surface area contributed by atoms with Crippen molar-refractivity contribution < 1.29 is 14.7 Å². The Morgan fingerprint density at radius 2 is 1.80 bits per heavy atom. The Hall–Kier alpha value is -2.11. The van der Waals surface area contributed by atoms with E-state index in [2.05, 4.69) is 16.7 Å². The highest BCUT2D eigenvalue weighted by Gasteiger charge is 2.17. The summed E-state index contributed by atoms with van der Waals surface area (Å²) in [4.78, 5) is 23.1. The Balaban J connectivity index is 0.00000312. The Morgan fingerprint density at radius 3 is 2.44 bits per heavy atom. The van der Waals surface area contributed by atoms with Crippen LogP contribution in [0.3, 0.4) is 0 Å². The molecule has 0 aromatic heterocycles. The first-order valence-electron chi connectivity index (χ1n) is 8.25. The third-order valence-electron chi connectivity index (χ3n) is 4.04. The predicted octanol–water partition coefficient (Wildman–Crippen LogP) is 3.28. The average Bonchev–Trinajstić information content (AvgIpc) is 2.57. The molecule has 0 fully saturated rings. The van der Waals surface area contributed by atoms with Crippen molar-refractivity contribution in [1.82, 2.24) is 10.6 Å².